The molecule has 0 saturated heterocycles. The number of aromatic nitrogens is 1. The Morgan fingerprint density at radius 3 is 2.89 bits per heavy atom. The molecule has 0 aromatic carbocycles. The van der Waals surface area contributed by atoms with Crippen molar-refractivity contribution in [2.24, 2.45) is 11.7 Å². The van der Waals surface area contributed by atoms with E-state index >= 15 is 0 Å². The number of nitrogens with one attached hydrogen (secondary N) is 1. The topological polar surface area (TPSA) is 68.0 Å². The summed E-state index contributed by atoms with van der Waals surface area (Å²) in [5, 5.41) is 2.88. The Bertz CT molecular complexity index is 425. The van der Waals surface area contributed by atoms with Crippen LogP contribution in [0.4, 0.5) is 5.82 Å². The van der Waals surface area contributed by atoms with Crippen molar-refractivity contribution in [3.8, 4) is 0 Å². The SMILES string of the molecule is CC(N)c1ccnc(NC(=O)CC2CCCCC2)c1. The van der Waals surface area contributed by atoms with Crippen LogP contribution in [-0.2, 0) is 4.79 Å². The molecule has 4 nitrogen and oxygen atoms in total. The van der Waals surface area contributed by atoms with Gasteiger partial charge in [0.1, 0.15) is 5.82 Å². The molecule has 4 heteroatoms. The van der Waals surface area contributed by atoms with E-state index in [4.69, 9.17) is 5.73 Å². The molecule has 1 unspecified atom stereocenters. The van der Waals surface area contributed by atoms with Crippen LogP contribution in [0.15, 0.2) is 18.3 Å². The normalized spacial score (nSPS) is 18.0. The first-order valence-corrected chi connectivity index (χ1v) is 7.16. The van der Waals surface area contributed by atoms with Gasteiger partial charge in [0.15, 0.2) is 0 Å². The van der Waals surface area contributed by atoms with Crippen molar-refractivity contribution in [2.75, 3.05) is 5.32 Å². The van der Waals surface area contributed by atoms with Gasteiger partial charge in [-0.3, -0.25) is 4.79 Å². The lowest BCUT2D eigenvalue weighted by Gasteiger charge is -2.20. The van der Waals surface area contributed by atoms with E-state index in [0.29, 0.717) is 18.2 Å². The summed E-state index contributed by atoms with van der Waals surface area (Å²) < 4.78 is 0. The number of pyridine rings is 1. The van der Waals surface area contributed by atoms with Gasteiger partial charge in [-0.2, -0.15) is 0 Å². The van der Waals surface area contributed by atoms with Crippen molar-refractivity contribution >= 4 is 11.7 Å². The number of nitrogens with zero attached hydrogens (tertiary/aromatic N) is 1. The third kappa shape index (κ3) is 4.31. The summed E-state index contributed by atoms with van der Waals surface area (Å²) in [6.07, 6.45) is 8.50. The lowest BCUT2D eigenvalue weighted by Crippen LogP contribution is -2.19. The van der Waals surface area contributed by atoms with Crippen molar-refractivity contribution in [1.29, 1.82) is 0 Å². The summed E-state index contributed by atoms with van der Waals surface area (Å²) in [6, 6.07) is 3.68. The Hall–Kier alpha value is -1.42. The number of nitrogens with two attached hydrogens (primary N) is 1. The molecule has 3 N–H and O–H groups in total. The second-order valence-corrected chi connectivity index (χ2v) is 5.52. The number of hydrogen-bond acceptors (Lipinski definition) is 3. The number of anilines is 1. The molecule has 1 aromatic rings. The Morgan fingerprint density at radius 1 is 1.47 bits per heavy atom. The predicted molar refractivity (Wildman–Crippen MR) is 76.7 cm³/mol. The lowest BCUT2D eigenvalue weighted by molar-refractivity contribution is -0.117. The fourth-order valence-corrected chi connectivity index (χ4v) is 2.65. The van der Waals surface area contributed by atoms with Crippen molar-refractivity contribution in [2.45, 2.75) is 51.5 Å². The van der Waals surface area contributed by atoms with Gasteiger partial charge < -0.3 is 11.1 Å². The summed E-state index contributed by atoms with van der Waals surface area (Å²) in [4.78, 5) is 16.1. The number of rotatable bonds is 4. The van der Waals surface area contributed by atoms with Gasteiger partial charge in [-0.25, -0.2) is 4.98 Å². The summed E-state index contributed by atoms with van der Waals surface area (Å²) in [6.45, 7) is 1.92. The molecule has 1 saturated carbocycles. The van der Waals surface area contributed by atoms with Gasteiger partial charge in [0, 0.05) is 18.7 Å². The van der Waals surface area contributed by atoms with Crippen LogP contribution in [0.5, 0.6) is 0 Å². The molecule has 1 atom stereocenters. The number of amides is 1. The minimum Gasteiger partial charge on any atom is -0.324 e. The molecule has 0 aliphatic heterocycles. The maximum atomic E-state index is 12.0. The second kappa shape index (κ2) is 6.66. The Labute approximate surface area is 114 Å². The Balaban J connectivity index is 1.89. The van der Waals surface area contributed by atoms with Gasteiger partial charge in [0.25, 0.3) is 0 Å². The molecule has 1 aromatic heterocycles. The van der Waals surface area contributed by atoms with E-state index in [-0.39, 0.29) is 11.9 Å². The van der Waals surface area contributed by atoms with Gasteiger partial charge >= 0.3 is 0 Å². The Morgan fingerprint density at radius 2 is 2.21 bits per heavy atom. The highest BCUT2D eigenvalue weighted by molar-refractivity contribution is 5.89. The van der Waals surface area contributed by atoms with E-state index in [2.05, 4.69) is 10.3 Å². The monoisotopic (exact) mass is 261 g/mol. The van der Waals surface area contributed by atoms with Crippen LogP contribution in [0.1, 0.15) is 57.1 Å². The zero-order valence-corrected chi connectivity index (χ0v) is 11.6. The average Bonchev–Trinajstić information content (AvgIpc) is 2.40. The largest absolute Gasteiger partial charge is 0.324 e. The molecule has 1 aliphatic rings. The smallest absolute Gasteiger partial charge is 0.225 e. The van der Waals surface area contributed by atoms with E-state index in [1.807, 2.05) is 19.1 Å². The first kappa shape index (κ1) is 14.0. The lowest BCUT2D eigenvalue weighted by atomic mass is 9.87. The van der Waals surface area contributed by atoms with Gasteiger partial charge in [0.05, 0.1) is 0 Å². The summed E-state index contributed by atoms with van der Waals surface area (Å²) in [5.41, 5.74) is 6.81. The van der Waals surface area contributed by atoms with Gasteiger partial charge in [0.2, 0.25) is 5.91 Å². The highest BCUT2D eigenvalue weighted by Crippen LogP contribution is 2.26. The van der Waals surface area contributed by atoms with Crippen molar-refractivity contribution in [1.82, 2.24) is 4.98 Å². The van der Waals surface area contributed by atoms with Crippen LogP contribution in [0.2, 0.25) is 0 Å². The van der Waals surface area contributed by atoms with Gasteiger partial charge in [-0.05, 0) is 43.4 Å². The third-order valence-corrected chi connectivity index (χ3v) is 3.78. The zero-order chi connectivity index (χ0) is 13.7. The highest BCUT2D eigenvalue weighted by atomic mass is 16.1. The first-order valence-electron chi connectivity index (χ1n) is 7.16. The molecular formula is C15H23N3O. The van der Waals surface area contributed by atoms with Crippen LogP contribution < -0.4 is 11.1 Å². The highest BCUT2D eigenvalue weighted by Gasteiger charge is 2.17. The number of carbonyl (C=O) groups excluding carboxylic acids is 1. The van der Waals surface area contributed by atoms with Crippen LogP contribution in [0.25, 0.3) is 0 Å². The van der Waals surface area contributed by atoms with Crippen molar-refractivity contribution in [3.63, 3.8) is 0 Å². The third-order valence-electron chi connectivity index (χ3n) is 3.78. The van der Waals surface area contributed by atoms with Crippen LogP contribution in [0.3, 0.4) is 0 Å². The first-order chi connectivity index (χ1) is 9.15. The second-order valence-electron chi connectivity index (χ2n) is 5.52. The molecule has 0 bridgehead atoms. The average molecular weight is 261 g/mol. The molecule has 1 heterocycles. The van der Waals surface area contributed by atoms with E-state index in [0.717, 1.165) is 5.56 Å². The molecular weight excluding hydrogens is 238 g/mol. The molecule has 19 heavy (non-hydrogen) atoms. The van der Waals surface area contributed by atoms with Crippen LogP contribution in [-0.4, -0.2) is 10.9 Å². The van der Waals surface area contributed by atoms with Crippen molar-refractivity contribution in [3.05, 3.63) is 23.9 Å². The zero-order valence-electron chi connectivity index (χ0n) is 11.6. The molecule has 2 rings (SSSR count). The maximum Gasteiger partial charge on any atom is 0.225 e. The molecule has 0 radical (unpaired) electrons. The molecule has 104 valence electrons. The fourth-order valence-electron chi connectivity index (χ4n) is 2.65. The molecule has 1 aliphatic carbocycles. The van der Waals surface area contributed by atoms with Crippen molar-refractivity contribution < 1.29 is 4.79 Å². The standard InChI is InChI=1S/C15H23N3O/c1-11(16)13-7-8-17-14(10-13)18-15(19)9-12-5-3-2-4-6-12/h7-8,10-12H,2-6,9,16H2,1H3,(H,17,18,19). The van der Waals surface area contributed by atoms with Gasteiger partial charge in [-0.15, -0.1) is 0 Å². The number of hydrogen-bond donors (Lipinski definition) is 2. The van der Waals surface area contributed by atoms with E-state index in [9.17, 15) is 4.79 Å². The maximum absolute atomic E-state index is 12.0. The Kier molecular flexibility index (Phi) is 4.91. The molecule has 0 spiro atoms. The predicted octanol–water partition coefficient (Wildman–Crippen LogP) is 3.01. The minimum absolute atomic E-state index is 0.0444. The summed E-state index contributed by atoms with van der Waals surface area (Å²) in [5.74, 6) is 1.22. The van der Waals surface area contributed by atoms with Gasteiger partial charge in [-0.1, -0.05) is 19.3 Å². The van der Waals surface area contributed by atoms with E-state index < -0.39 is 0 Å². The van der Waals surface area contributed by atoms with Crippen LogP contribution in [0, 0.1) is 5.92 Å². The quantitative estimate of drug-likeness (QED) is 0.875. The summed E-state index contributed by atoms with van der Waals surface area (Å²) >= 11 is 0. The molecule has 1 amide bonds. The fraction of sp³-hybridized carbons (Fsp3) is 0.600. The minimum atomic E-state index is -0.0444. The van der Waals surface area contributed by atoms with Crippen LogP contribution >= 0.6 is 0 Å². The summed E-state index contributed by atoms with van der Waals surface area (Å²) in [7, 11) is 0. The molecule has 1 fully saturated rings. The van der Waals surface area contributed by atoms with E-state index in [1.165, 1.54) is 32.1 Å². The number of carbonyl (C=O) groups is 1. The van der Waals surface area contributed by atoms with E-state index in [1.54, 1.807) is 6.20 Å².